The van der Waals surface area contributed by atoms with Gasteiger partial charge in [0.25, 0.3) is 0 Å². The largest absolute Gasteiger partial charge is 0.231 e. The third kappa shape index (κ3) is 1.44. The lowest BCUT2D eigenvalue weighted by Gasteiger charge is -2.11. The van der Waals surface area contributed by atoms with Crippen molar-refractivity contribution in [3.05, 3.63) is 0 Å². The van der Waals surface area contributed by atoms with Crippen molar-refractivity contribution in [3.8, 4) is 24.7 Å². The van der Waals surface area contributed by atoms with E-state index in [1.165, 1.54) is 10.8 Å². The molecular formula is C7H7NOS2. The van der Waals surface area contributed by atoms with E-state index in [0.29, 0.717) is 0 Å². The molecule has 2 nitrogen and oxygen atoms in total. The van der Waals surface area contributed by atoms with Crippen molar-refractivity contribution in [3.63, 3.8) is 0 Å². The topological polar surface area (TPSA) is 20.3 Å². The Morgan fingerprint density at radius 1 is 1.55 bits per heavy atom. The van der Waals surface area contributed by atoms with Crippen LogP contribution in [0.3, 0.4) is 0 Å². The first kappa shape index (κ1) is 8.67. The third-order valence-corrected chi connectivity index (χ3v) is 4.72. The second kappa shape index (κ2) is 3.32. The van der Waals surface area contributed by atoms with Gasteiger partial charge in [-0.2, -0.15) is 0 Å². The molecule has 3 atom stereocenters. The van der Waals surface area contributed by atoms with Crippen molar-refractivity contribution in [1.82, 2.24) is 4.31 Å². The number of hydrogen-bond acceptors (Lipinski definition) is 2. The van der Waals surface area contributed by atoms with Crippen molar-refractivity contribution < 1.29 is 4.21 Å². The van der Waals surface area contributed by atoms with Crippen LogP contribution in [0.25, 0.3) is 0 Å². The molecule has 0 radical (unpaired) electrons. The number of terminal acetylenes is 2. The van der Waals surface area contributed by atoms with Crippen LogP contribution in [-0.2, 0) is 10.0 Å². The Balaban J connectivity index is 2.85. The van der Waals surface area contributed by atoms with Gasteiger partial charge in [-0.15, -0.1) is 12.8 Å². The molecule has 0 aromatic carbocycles. The highest BCUT2D eigenvalue weighted by Gasteiger charge is 2.35. The van der Waals surface area contributed by atoms with Gasteiger partial charge in [0.15, 0.2) is 10.0 Å². The molecule has 3 unspecified atom stereocenters. The first-order chi connectivity index (χ1) is 5.20. The van der Waals surface area contributed by atoms with Gasteiger partial charge < -0.3 is 0 Å². The van der Waals surface area contributed by atoms with Gasteiger partial charge in [-0.1, -0.05) is 11.8 Å². The predicted octanol–water partition coefficient (Wildman–Crippen LogP) is 0.247. The summed E-state index contributed by atoms with van der Waals surface area (Å²) in [5, 5.41) is -0.133. The van der Waals surface area contributed by atoms with Crippen molar-refractivity contribution in [2.75, 3.05) is 7.05 Å². The van der Waals surface area contributed by atoms with Crippen LogP contribution in [0.15, 0.2) is 0 Å². The molecule has 0 amide bonds. The Kier molecular flexibility index (Phi) is 2.62. The lowest BCUT2D eigenvalue weighted by atomic mass is 10.2. The van der Waals surface area contributed by atoms with Gasteiger partial charge >= 0.3 is 0 Å². The fourth-order valence-corrected chi connectivity index (χ4v) is 3.68. The molecule has 0 spiro atoms. The molecule has 1 heterocycles. The van der Waals surface area contributed by atoms with Gasteiger partial charge in [0, 0.05) is 7.05 Å². The third-order valence-electron chi connectivity index (χ3n) is 1.43. The second-order valence-corrected chi connectivity index (χ2v) is 5.20. The van der Waals surface area contributed by atoms with Crippen LogP contribution in [0, 0.1) is 24.7 Å². The van der Waals surface area contributed by atoms with Gasteiger partial charge in [0.2, 0.25) is 0 Å². The molecule has 1 saturated heterocycles. The average Bonchev–Trinajstić information content (AvgIpc) is 2.28. The van der Waals surface area contributed by atoms with Crippen molar-refractivity contribution in [2.24, 2.45) is 0 Å². The molecule has 1 rings (SSSR count). The second-order valence-electron chi connectivity index (χ2n) is 2.06. The highest BCUT2D eigenvalue weighted by molar-refractivity contribution is 8.69. The zero-order valence-corrected chi connectivity index (χ0v) is 7.61. The first-order valence-electron chi connectivity index (χ1n) is 2.95. The number of rotatable bonds is 0. The van der Waals surface area contributed by atoms with Gasteiger partial charge in [0.1, 0.15) is 11.3 Å². The van der Waals surface area contributed by atoms with Crippen LogP contribution in [0.4, 0.5) is 0 Å². The van der Waals surface area contributed by atoms with E-state index in [9.17, 15) is 4.21 Å². The molecule has 1 aliphatic heterocycles. The maximum Gasteiger partial charge on any atom is 0.158 e. The van der Waals surface area contributed by atoms with Gasteiger partial charge in [-0.25, -0.2) is 8.51 Å². The van der Waals surface area contributed by atoms with E-state index in [0.717, 1.165) is 0 Å². The summed E-state index contributed by atoms with van der Waals surface area (Å²) in [5.74, 6) is 5.03. The molecular weight excluding hydrogens is 178 g/mol. The van der Waals surface area contributed by atoms with Crippen molar-refractivity contribution in [1.29, 1.82) is 0 Å². The molecule has 0 aliphatic carbocycles. The summed E-state index contributed by atoms with van der Waals surface area (Å²) in [6, 6.07) is -0.189. The van der Waals surface area contributed by atoms with E-state index in [4.69, 9.17) is 12.8 Å². The number of hydrogen-bond donors (Lipinski definition) is 0. The summed E-state index contributed by atoms with van der Waals surface area (Å²) < 4.78 is 12.7. The Morgan fingerprint density at radius 2 is 2.18 bits per heavy atom. The van der Waals surface area contributed by atoms with Crippen LogP contribution >= 0.6 is 10.8 Å². The van der Waals surface area contributed by atoms with E-state index < -0.39 is 10.0 Å². The molecule has 58 valence electrons. The van der Waals surface area contributed by atoms with Gasteiger partial charge in [-0.3, -0.25) is 0 Å². The average molecular weight is 185 g/mol. The van der Waals surface area contributed by atoms with E-state index in [1.807, 2.05) is 0 Å². The number of nitrogens with zero attached hydrogens (tertiary/aromatic N) is 1. The monoisotopic (exact) mass is 185 g/mol. The highest BCUT2D eigenvalue weighted by Crippen LogP contribution is 2.31. The molecule has 0 aromatic rings. The highest BCUT2D eigenvalue weighted by atomic mass is 33.1. The summed E-state index contributed by atoms with van der Waals surface area (Å²) in [6.07, 6.45) is 10.4. The summed E-state index contributed by atoms with van der Waals surface area (Å²) in [5.41, 5.74) is 0. The minimum absolute atomic E-state index is 0.133. The summed E-state index contributed by atoms with van der Waals surface area (Å²) in [6.45, 7) is 0. The molecule has 0 N–H and O–H groups in total. The molecule has 0 aromatic heterocycles. The molecule has 4 heteroatoms. The van der Waals surface area contributed by atoms with Crippen molar-refractivity contribution in [2.45, 2.75) is 11.3 Å². The summed E-state index contributed by atoms with van der Waals surface area (Å²) in [4.78, 5) is 0. The fourth-order valence-electron chi connectivity index (χ4n) is 0.804. The van der Waals surface area contributed by atoms with Crippen molar-refractivity contribution >= 4 is 20.8 Å². The predicted molar refractivity (Wildman–Crippen MR) is 48.7 cm³/mol. The summed E-state index contributed by atoms with van der Waals surface area (Å²) >= 11 is 0. The zero-order chi connectivity index (χ0) is 8.43. The van der Waals surface area contributed by atoms with Gasteiger partial charge in [-0.05, 0) is 10.8 Å². The maximum absolute atomic E-state index is 11.1. The summed E-state index contributed by atoms with van der Waals surface area (Å²) in [7, 11) is 1.88. The minimum atomic E-state index is -1.06. The standard InChI is InChI=1S/C7H7NOS2/c1-4-6-7(5-2)10-11(9)8(6)3/h1-2,6-7H,3H3. The van der Waals surface area contributed by atoms with Crippen LogP contribution in [0.2, 0.25) is 0 Å². The van der Waals surface area contributed by atoms with Crippen LogP contribution in [0.5, 0.6) is 0 Å². The molecule has 11 heavy (non-hydrogen) atoms. The van der Waals surface area contributed by atoms with E-state index in [2.05, 4.69) is 11.8 Å². The Bertz CT molecular complexity index is 263. The molecule has 1 aliphatic rings. The van der Waals surface area contributed by atoms with E-state index in [1.54, 1.807) is 11.4 Å². The smallest absolute Gasteiger partial charge is 0.158 e. The lowest BCUT2D eigenvalue weighted by molar-refractivity contribution is 0.493. The lowest BCUT2D eigenvalue weighted by Crippen LogP contribution is -2.29. The van der Waals surface area contributed by atoms with Crippen LogP contribution < -0.4 is 0 Å². The zero-order valence-electron chi connectivity index (χ0n) is 5.98. The molecule has 0 bridgehead atoms. The van der Waals surface area contributed by atoms with Crippen LogP contribution in [0.1, 0.15) is 0 Å². The SMILES string of the molecule is C#CC1SS(=O)N(C)C1C#C. The minimum Gasteiger partial charge on any atom is -0.231 e. The molecule has 0 saturated carbocycles. The fraction of sp³-hybridized carbons (Fsp3) is 0.429. The quantitative estimate of drug-likeness (QED) is 0.398. The molecule has 1 fully saturated rings. The Hall–Kier alpha value is -0.420. The first-order valence-corrected chi connectivity index (χ1v) is 5.45. The van der Waals surface area contributed by atoms with Crippen LogP contribution in [-0.4, -0.2) is 26.9 Å². The van der Waals surface area contributed by atoms with Gasteiger partial charge in [0.05, 0.1) is 0 Å². The van der Waals surface area contributed by atoms with E-state index in [-0.39, 0.29) is 11.3 Å². The normalized spacial score (nSPS) is 37.9. The maximum atomic E-state index is 11.1. The Morgan fingerprint density at radius 3 is 2.55 bits per heavy atom. The Labute approximate surface area is 72.7 Å². The van der Waals surface area contributed by atoms with E-state index >= 15 is 0 Å².